The van der Waals surface area contributed by atoms with Crippen LogP contribution in [0.15, 0.2) is 29.8 Å². The molecule has 1 nitrogen and oxygen atoms in total. The lowest BCUT2D eigenvalue weighted by atomic mass is 10.1. The minimum Gasteiger partial charge on any atom is -0.300 e. The number of hydrogen-bond donors (Lipinski definition) is 0. The van der Waals surface area contributed by atoms with Crippen LogP contribution in [0.4, 0.5) is 0 Å². The Morgan fingerprint density at radius 3 is 2.86 bits per heavy atom. The Morgan fingerprint density at radius 1 is 1.36 bits per heavy atom. The molecule has 1 aromatic rings. The maximum Gasteiger partial charge on any atom is 0.130 e. The van der Waals surface area contributed by atoms with Crippen LogP contribution in [0, 0.1) is 0 Å². The van der Waals surface area contributed by atoms with E-state index in [0.29, 0.717) is 6.42 Å². The number of allylic oxidation sites excluding steroid dienone is 1. The molecule has 0 aliphatic heterocycles. The molecule has 14 heavy (non-hydrogen) atoms. The van der Waals surface area contributed by atoms with Crippen LogP contribution in [0.3, 0.4) is 0 Å². The Bertz CT molecular complexity index is 388. The summed E-state index contributed by atoms with van der Waals surface area (Å²) in [6.07, 6.45) is 4.85. The lowest BCUT2D eigenvalue weighted by Crippen LogP contribution is -1.92. The van der Waals surface area contributed by atoms with Crippen LogP contribution < -0.4 is 0 Å². The Hall–Kier alpha value is -1.37. The number of hydrogen-bond acceptors (Lipinski definition) is 1. The van der Waals surface area contributed by atoms with Gasteiger partial charge in [-0.3, -0.25) is 0 Å². The smallest absolute Gasteiger partial charge is 0.130 e. The predicted molar refractivity (Wildman–Crippen MR) is 58.0 cm³/mol. The van der Waals surface area contributed by atoms with Gasteiger partial charge in [0.15, 0.2) is 0 Å². The number of benzene rings is 1. The van der Waals surface area contributed by atoms with Gasteiger partial charge in [0.05, 0.1) is 0 Å². The molecule has 2 rings (SSSR count). The van der Waals surface area contributed by atoms with Gasteiger partial charge < -0.3 is 4.79 Å². The third kappa shape index (κ3) is 1.92. The summed E-state index contributed by atoms with van der Waals surface area (Å²) in [5.74, 6) is 0.279. The van der Waals surface area contributed by atoms with Crippen LogP contribution in [-0.2, 0) is 11.2 Å². The molecule has 0 saturated heterocycles. The summed E-state index contributed by atoms with van der Waals surface area (Å²) in [6, 6.07) is 8.42. The van der Waals surface area contributed by atoms with Gasteiger partial charge in [0.2, 0.25) is 0 Å². The third-order valence-corrected chi connectivity index (χ3v) is 2.63. The molecule has 0 N–H and O–H groups in total. The highest BCUT2D eigenvalue weighted by atomic mass is 16.1. The Morgan fingerprint density at radius 2 is 2.14 bits per heavy atom. The Balaban J connectivity index is 2.05. The van der Waals surface area contributed by atoms with Gasteiger partial charge in [0.1, 0.15) is 5.78 Å². The van der Waals surface area contributed by atoms with Crippen molar-refractivity contribution >= 4 is 11.9 Å². The molecule has 0 bridgehead atoms. The molecule has 0 atom stereocenters. The number of Topliss-reactive ketones (excluding diaryl/α,β-unsaturated/α-hetero) is 1. The zero-order valence-electron chi connectivity index (χ0n) is 8.42. The van der Waals surface area contributed by atoms with E-state index in [1.54, 1.807) is 6.92 Å². The topological polar surface area (TPSA) is 17.1 Å². The molecule has 0 saturated carbocycles. The molecule has 1 aliphatic rings. The minimum atomic E-state index is 0.279. The molecule has 0 fully saturated rings. The highest BCUT2D eigenvalue weighted by Gasteiger charge is 2.11. The first-order valence-corrected chi connectivity index (χ1v) is 5.02. The van der Waals surface area contributed by atoms with E-state index >= 15 is 0 Å². The largest absolute Gasteiger partial charge is 0.300 e. The van der Waals surface area contributed by atoms with Crippen molar-refractivity contribution in [1.29, 1.82) is 0 Å². The second-order valence-electron chi connectivity index (χ2n) is 3.88. The van der Waals surface area contributed by atoms with Gasteiger partial charge in [-0.05, 0) is 30.9 Å². The van der Waals surface area contributed by atoms with Gasteiger partial charge in [0.25, 0.3) is 0 Å². The van der Waals surface area contributed by atoms with Gasteiger partial charge in [-0.25, -0.2) is 0 Å². The van der Waals surface area contributed by atoms with Gasteiger partial charge in [-0.1, -0.05) is 35.9 Å². The van der Waals surface area contributed by atoms with Crippen molar-refractivity contribution in [3.63, 3.8) is 0 Å². The molecule has 0 heterocycles. The van der Waals surface area contributed by atoms with Crippen LogP contribution in [0.1, 0.15) is 30.9 Å². The van der Waals surface area contributed by atoms with Crippen molar-refractivity contribution in [2.24, 2.45) is 0 Å². The molecule has 0 unspecified atom stereocenters. The number of carbonyl (C=O) groups is 1. The quantitative estimate of drug-likeness (QED) is 0.709. The molecule has 1 aromatic carbocycles. The van der Waals surface area contributed by atoms with Crippen molar-refractivity contribution < 1.29 is 4.79 Å². The average molecular weight is 186 g/mol. The SMILES string of the molecule is CC(=O)CCC1=Cc2ccccc2C1. The van der Waals surface area contributed by atoms with Crippen LogP contribution >= 0.6 is 0 Å². The highest BCUT2D eigenvalue weighted by Crippen LogP contribution is 2.27. The van der Waals surface area contributed by atoms with Gasteiger partial charge in [-0.2, -0.15) is 0 Å². The fourth-order valence-corrected chi connectivity index (χ4v) is 1.85. The average Bonchev–Trinajstić information content (AvgIpc) is 2.57. The monoisotopic (exact) mass is 186 g/mol. The summed E-state index contributed by atoms with van der Waals surface area (Å²) >= 11 is 0. The second kappa shape index (κ2) is 3.79. The van der Waals surface area contributed by atoms with E-state index in [4.69, 9.17) is 0 Å². The number of fused-ring (bicyclic) bond motifs is 1. The summed E-state index contributed by atoms with van der Waals surface area (Å²) < 4.78 is 0. The fourth-order valence-electron chi connectivity index (χ4n) is 1.85. The summed E-state index contributed by atoms with van der Waals surface area (Å²) in [5, 5.41) is 0. The summed E-state index contributed by atoms with van der Waals surface area (Å²) in [7, 11) is 0. The zero-order chi connectivity index (χ0) is 9.97. The normalized spacial score (nSPS) is 13.6. The van der Waals surface area contributed by atoms with Crippen LogP contribution in [0.5, 0.6) is 0 Å². The molecular formula is C13H14O. The number of ketones is 1. The van der Waals surface area contributed by atoms with Crippen molar-refractivity contribution in [3.05, 3.63) is 41.0 Å². The zero-order valence-corrected chi connectivity index (χ0v) is 8.42. The first kappa shape index (κ1) is 9.20. The summed E-state index contributed by atoms with van der Waals surface area (Å²) in [5.41, 5.74) is 4.11. The van der Waals surface area contributed by atoms with Gasteiger partial charge in [0, 0.05) is 6.42 Å². The molecule has 0 aromatic heterocycles. The fraction of sp³-hybridized carbons (Fsp3) is 0.308. The number of rotatable bonds is 3. The van der Waals surface area contributed by atoms with Crippen molar-refractivity contribution in [3.8, 4) is 0 Å². The minimum absolute atomic E-state index is 0.279. The standard InChI is InChI=1S/C13H14O/c1-10(14)6-7-11-8-12-4-2-3-5-13(12)9-11/h2-5,8H,6-7,9H2,1H3. The van der Waals surface area contributed by atoms with Crippen molar-refractivity contribution in [2.75, 3.05) is 0 Å². The molecule has 72 valence electrons. The third-order valence-electron chi connectivity index (χ3n) is 2.63. The van der Waals surface area contributed by atoms with E-state index in [1.165, 1.54) is 16.7 Å². The molecule has 0 radical (unpaired) electrons. The van der Waals surface area contributed by atoms with E-state index < -0.39 is 0 Å². The maximum atomic E-state index is 10.8. The summed E-state index contributed by atoms with van der Waals surface area (Å²) in [6.45, 7) is 1.66. The van der Waals surface area contributed by atoms with Gasteiger partial charge in [-0.15, -0.1) is 0 Å². The first-order valence-electron chi connectivity index (χ1n) is 5.02. The lowest BCUT2D eigenvalue weighted by Gasteiger charge is -1.98. The van der Waals surface area contributed by atoms with Crippen LogP contribution in [0.25, 0.3) is 6.08 Å². The molecule has 0 amide bonds. The Kier molecular flexibility index (Phi) is 2.49. The molecule has 1 aliphatic carbocycles. The summed E-state index contributed by atoms with van der Waals surface area (Å²) in [4.78, 5) is 10.8. The van der Waals surface area contributed by atoms with Crippen LogP contribution in [0.2, 0.25) is 0 Å². The molecule has 0 spiro atoms. The van der Waals surface area contributed by atoms with Gasteiger partial charge >= 0.3 is 0 Å². The molecule has 1 heteroatoms. The molecular weight excluding hydrogens is 172 g/mol. The van der Waals surface area contributed by atoms with E-state index in [9.17, 15) is 4.79 Å². The maximum absolute atomic E-state index is 10.8. The van der Waals surface area contributed by atoms with E-state index in [-0.39, 0.29) is 5.78 Å². The van der Waals surface area contributed by atoms with Crippen molar-refractivity contribution in [2.45, 2.75) is 26.2 Å². The highest BCUT2D eigenvalue weighted by molar-refractivity contribution is 5.76. The second-order valence-corrected chi connectivity index (χ2v) is 3.88. The van der Waals surface area contributed by atoms with Crippen molar-refractivity contribution in [1.82, 2.24) is 0 Å². The van der Waals surface area contributed by atoms with Crippen LogP contribution in [-0.4, -0.2) is 5.78 Å². The van der Waals surface area contributed by atoms with E-state index in [0.717, 1.165) is 12.8 Å². The first-order chi connectivity index (χ1) is 6.75. The number of carbonyl (C=O) groups excluding carboxylic acids is 1. The van der Waals surface area contributed by atoms with E-state index in [2.05, 4.69) is 30.3 Å². The van der Waals surface area contributed by atoms with E-state index in [1.807, 2.05) is 0 Å². The lowest BCUT2D eigenvalue weighted by molar-refractivity contribution is -0.116. The predicted octanol–water partition coefficient (Wildman–Crippen LogP) is 3.00. The Labute approximate surface area is 84.5 Å².